The Kier molecular flexibility index (Phi) is 1.81. The summed E-state index contributed by atoms with van der Waals surface area (Å²) >= 11 is 0. The third-order valence-corrected chi connectivity index (χ3v) is 2.88. The second-order valence-corrected chi connectivity index (χ2v) is 3.42. The Morgan fingerprint density at radius 1 is 1.33 bits per heavy atom. The number of H-pyrrole nitrogens is 1. The molecule has 1 aromatic heterocycles. The summed E-state index contributed by atoms with van der Waals surface area (Å²) in [6.45, 7) is 2.35. The van der Waals surface area contributed by atoms with Crippen molar-refractivity contribution in [3.05, 3.63) is 11.9 Å². The van der Waals surface area contributed by atoms with Crippen LogP contribution in [0.5, 0.6) is 0 Å². The molecule has 0 aromatic carbocycles. The smallest absolute Gasteiger partial charge is 0.0725 e. The molecule has 4 nitrogen and oxygen atoms in total. The number of aromatic nitrogens is 3. The molecule has 1 saturated carbocycles. The highest BCUT2D eigenvalue weighted by molar-refractivity contribution is 5.85. The van der Waals surface area contributed by atoms with Crippen molar-refractivity contribution >= 4 is 12.4 Å². The highest BCUT2D eigenvalue weighted by Gasteiger charge is 2.54. The van der Waals surface area contributed by atoms with E-state index in [9.17, 15) is 0 Å². The van der Waals surface area contributed by atoms with E-state index >= 15 is 0 Å². The number of piperidine rings is 1. The van der Waals surface area contributed by atoms with E-state index in [2.05, 4.69) is 20.7 Å². The summed E-state index contributed by atoms with van der Waals surface area (Å²) in [5.74, 6) is 2.45. The fourth-order valence-corrected chi connectivity index (χ4v) is 2.25. The van der Waals surface area contributed by atoms with E-state index in [1.165, 1.54) is 18.8 Å². The summed E-state index contributed by atoms with van der Waals surface area (Å²) in [5, 5.41) is 13.8. The third kappa shape index (κ3) is 0.949. The minimum atomic E-state index is 0. The molecule has 12 heavy (non-hydrogen) atoms. The molecule has 0 bridgehead atoms. The number of fused-ring (bicyclic) bond motifs is 1. The fraction of sp³-hybridized carbons (Fsp3) is 0.714. The number of nitrogens with zero attached hydrogens (tertiary/aromatic N) is 2. The molecule has 2 aliphatic rings. The van der Waals surface area contributed by atoms with Crippen LogP contribution in [0.25, 0.3) is 0 Å². The zero-order valence-corrected chi connectivity index (χ0v) is 7.34. The van der Waals surface area contributed by atoms with Gasteiger partial charge in [0.05, 0.1) is 11.9 Å². The van der Waals surface area contributed by atoms with Crippen LogP contribution in [0.2, 0.25) is 0 Å². The molecule has 1 aromatic rings. The zero-order valence-electron chi connectivity index (χ0n) is 6.53. The van der Waals surface area contributed by atoms with Crippen LogP contribution in [0.15, 0.2) is 6.20 Å². The van der Waals surface area contributed by atoms with Crippen LogP contribution in [0.3, 0.4) is 0 Å². The van der Waals surface area contributed by atoms with Gasteiger partial charge in [-0.15, -0.1) is 17.5 Å². The monoisotopic (exact) mass is 186 g/mol. The summed E-state index contributed by atoms with van der Waals surface area (Å²) in [6, 6.07) is 0. The van der Waals surface area contributed by atoms with Gasteiger partial charge in [0.25, 0.3) is 0 Å². The van der Waals surface area contributed by atoms with E-state index in [-0.39, 0.29) is 12.4 Å². The van der Waals surface area contributed by atoms with Gasteiger partial charge in [0.1, 0.15) is 0 Å². The third-order valence-electron chi connectivity index (χ3n) is 2.88. The largest absolute Gasteiger partial charge is 0.316 e. The van der Waals surface area contributed by atoms with Gasteiger partial charge in [-0.2, -0.15) is 0 Å². The van der Waals surface area contributed by atoms with Gasteiger partial charge >= 0.3 is 0 Å². The number of halogens is 1. The summed E-state index contributed by atoms with van der Waals surface area (Å²) in [7, 11) is 0. The van der Waals surface area contributed by atoms with Gasteiger partial charge in [-0.25, -0.2) is 0 Å². The predicted octanol–water partition coefficient (Wildman–Crippen LogP) is 0.159. The first-order valence-electron chi connectivity index (χ1n) is 4.03. The topological polar surface area (TPSA) is 53.6 Å². The maximum absolute atomic E-state index is 3.78. The van der Waals surface area contributed by atoms with Crippen molar-refractivity contribution in [3.8, 4) is 0 Å². The molecule has 1 aliphatic heterocycles. The SMILES string of the molecule is Cl.c1nn[nH]c1C1C2CNC[C@@H]21. The second-order valence-electron chi connectivity index (χ2n) is 3.42. The van der Waals surface area contributed by atoms with Gasteiger partial charge in [-0.05, 0) is 24.9 Å². The average molecular weight is 187 g/mol. The number of hydrogen-bond acceptors (Lipinski definition) is 3. The molecule has 5 heteroatoms. The van der Waals surface area contributed by atoms with Crippen LogP contribution in [0, 0.1) is 11.8 Å². The Morgan fingerprint density at radius 2 is 2.08 bits per heavy atom. The standard InChI is InChI=1S/C7H10N4.ClH/c1-4-5(2-8-1)7(4)6-3-9-11-10-6;/h3-5,7-8H,1-2H2,(H,9,10,11);1H/t4-,5?,7?;/m0./s1. The van der Waals surface area contributed by atoms with Crippen molar-refractivity contribution < 1.29 is 0 Å². The Bertz CT molecular complexity index is 250. The van der Waals surface area contributed by atoms with Crippen LogP contribution < -0.4 is 5.32 Å². The minimum absolute atomic E-state index is 0. The Labute approximate surface area is 76.5 Å². The van der Waals surface area contributed by atoms with Crippen LogP contribution in [0.1, 0.15) is 11.6 Å². The summed E-state index contributed by atoms with van der Waals surface area (Å²) in [6.07, 6.45) is 1.85. The number of nitrogens with one attached hydrogen (secondary N) is 2. The van der Waals surface area contributed by atoms with E-state index in [0.717, 1.165) is 17.8 Å². The second kappa shape index (κ2) is 2.71. The van der Waals surface area contributed by atoms with Crippen molar-refractivity contribution in [1.82, 2.24) is 20.7 Å². The summed E-state index contributed by atoms with van der Waals surface area (Å²) < 4.78 is 0. The number of rotatable bonds is 1. The van der Waals surface area contributed by atoms with Gasteiger partial charge in [0.2, 0.25) is 0 Å². The van der Waals surface area contributed by atoms with Crippen LogP contribution in [-0.2, 0) is 0 Å². The van der Waals surface area contributed by atoms with E-state index in [0.29, 0.717) is 0 Å². The molecule has 2 N–H and O–H groups in total. The van der Waals surface area contributed by atoms with Crippen molar-refractivity contribution in [2.75, 3.05) is 13.1 Å². The number of hydrogen-bond donors (Lipinski definition) is 2. The molecular formula is C7H11ClN4. The zero-order chi connectivity index (χ0) is 7.26. The predicted molar refractivity (Wildman–Crippen MR) is 46.2 cm³/mol. The van der Waals surface area contributed by atoms with Gasteiger partial charge in [0, 0.05) is 5.92 Å². The first kappa shape index (κ1) is 8.01. The average Bonchev–Trinajstić information content (AvgIpc) is 2.57. The van der Waals surface area contributed by atoms with Gasteiger partial charge < -0.3 is 5.32 Å². The Hall–Kier alpha value is -0.610. The van der Waals surface area contributed by atoms with Crippen molar-refractivity contribution in [2.24, 2.45) is 11.8 Å². The molecule has 2 heterocycles. The highest BCUT2D eigenvalue weighted by atomic mass is 35.5. The molecule has 66 valence electrons. The van der Waals surface area contributed by atoms with Crippen molar-refractivity contribution in [2.45, 2.75) is 5.92 Å². The molecule has 0 amide bonds. The van der Waals surface area contributed by atoms with E-state index in [4.69, 9.17) is 0 Å². The molecule has 3 rings (SSSR count). The molecule has 1 aliphatic carbocycles. The Morgan fingerprint density at radius 3 is 2.67 bits per heavy atom. The van der Waals surface area contributed by atoms with E-state index in [1.807, 2.05) is 6.20 Å². The molecular weight excluding hydrogens is 176 g/mol. The maximum Gasteiger partial charge on any atom is 0.0725 e. The van der Waals surface area contributed by atoms with Gasteiger partial charge in [-0.3, -0.25) is 5.10 Å². The van der Waals surface area contributed by atoms with Gasteiger partial charge in [-0.1, -0.05) is 5.21 Å². The normalized spacial score (nSPS) is 37.2. The highest BCUT2D eigenvalue weighted by Crippen LogP contribution is 2.54. The van der Waals surface area contributed by atoms with Gasteiger partial charge in [0.15, 0.2) is 0 Å². The lowest BCUT2D eigenvalue weighted by Crippen LogP contribution is -2.14. The number of aromatic amines is 1. The molecule has 0 radical (unpaired) electrons. The van der Waals surface area contributed by atoms with Crippen LogP contribution in [-0.4, -0.2) is 28.5 Å². The minimum Gasteiger partial charge on any atom is -0.316 e. The fourth-order valence-electron chi connectivity index (χ4n) is 2.25. The lowest BCUT2D eigenvalue weighted by Gasteiger charge is -1.98. The molecule has 2 unspecified atom stereocenters. The van der Waals surface area contributed by atoms with Crippen molar-refractivity contribution in [3.63, 3.8) is 0 Å². The maximum atomic E-state index is 3.78. The van der Waals surface area contributed by atoms with E-state index < -0.39 is 0 Å². The van der Waals surface area contributed by atoms with Crippen LogP contribution >= 0.6 is 12.4 Å². The first-order chi connectivity index (χ1) is 5.47. The molecule has 3 atom stereocenters. The quantitative estimate of drug-likeness (QED) is 0.657. The summed E-state index contributed by atoms with van der Waals surface area (Å²) in [4.78, 5) is 0. The molecule has 2 fully saturated rings. The van der Waals surface area contributed by atoms with Crippen LogP contribution in [0.4, 0.5) is 0 Å². The lowest BCUT2D eigenvalue weighted by atomic mass is 10.2. The first-order valence-corrected chi connectivity index (χ1v) is 4.03. The molecule has 1 saturated heterocycles. The Balaban J connectivity index is 0.000000563. The lowest BCUT2D eigenvalue weighted by molar-refractivity contribution is 0.673. The van der Waals surface area contributed by atoms with Crippen molar-refractivity contribution in [1.29, 1.82) is 0 Å². The van der Waals surface area contributed by atoms with E-state index in [1.54, 1.807) is 0 Å². The summed E-state index contributed by atoms with van der Waals surface area (Å²) in [5.41, 5.74) is 1.22. The molecule has 0 spiro atoms.